The molecule has 1 aliphatic carbocycles. The predicted molar refractivity (Wildman–Crippen MR) is 84.8 cm³/mol. The maximum Gasteiger partial charge on any atom is 0.313 e. The van der Waals surface area contributed by atoms with Gasteiger partial charge >= 0.3 is 6.03 Å². The molecular formula is C17H20FN3O3. The van der Waals surface area contributed by atoms with Gasteiger partial charge in [-0.1, -0.05) is 0 Å². The number of hydrogen-bond acceptors (Lipinski definition) is 3. The third-order valence-electron chi connectivity index (χ3n) is 4.75. The molecule has 7 heteroatoms. The molecule has 3 N–H and O–H groups in total. The molecule has 1 aromatic carbocycles. The number of carbonyl (C=O) groups is 3. The van der Waals surface area contributed by atoms with Crippen LogP contribution in [0.4, 0.5) is 9.18 Å². The number of rotatable bonds is 5. The van der Waals surface area contributed by atoms with Crippen molar-refractivity contribution in [2.45, 2.75) is 43.7 Å². The number of nitrogens with zero attached hydrogens (tertiary/aromatic N) is 1. The number of benzene rings is 1. The third kappa shape index (κ3) is 3.25. The summed E-state index contributed by atoms with van der Waals surface area (Å²) < 4.78 is 13.0. The number of halogens is 1. The number of Topliss-reactive ketones (excluding diaryl/α,β-unsaturated/α-hetero) is 1. The van der Waals surface area contributed by atoms with Gasteiger partial charge < -0.3 is 16.0 Å². The number of primary amides is 1. The van der Waals surface area contributed by atoms with Crippen LogP contribution in [0.2, 0.25) is 0 Å². The Bertz CT molecular complexity index is 670. The Labute approximate surface area is 139 Å². The molecule has 1 atom stereocenters. The van der Waals surface area contributed by atoms with E-state index in [1.807, 2.05) is 0 Å². The third-order valence-corrected chi connectivity index (χ3v) is 4.75. The summed E-state index contributed by atoms with van der Waals surface area (Å²) in [5.74, 6) is -0.666. The van der Waals surface area contributed by atoms with Crippen LogP contribution in [-0.4, -0.2) is 40.7 Å². The lowest BCUT2D eigenvalue weighted by molar-refractivity contribution is -0.135. The van der Waals surface area contributed by atoms with Gasteiger partial charge in [0.2, 0.25) is 5.91 Å². The smallest absolute Gasteiger partial charge is 0.313 e. The van der Waals surface area contributed by atoms with Crippen LogP contribution < -0.4 is 11.1 Å². The molecule has 1 aromatic rings. The maximum absolute atomic E-state index is 13.0. The lowest BCUT2D eigenvalue weighted by Gasteiger charge is -2.28. The second kappa shape index (κ2) is 6.22. The Hall–Kier alpha value is -2.44. The van der Waals surface area contributed by atoms with Gasteiger partial charge in [-0.25, -0.2) is 9.18 Å². The normalized spacial score (nSPS) is 21.4. The molecule has 128 valence electrons. The highest BCUT2D eigenvalue weighted by Crippen LogP contribution is 2.39. The summed E-state index contributed by atoms with van der Waals surface area (Å²) in [6, 6.07) is 4.51. The number of amides is 3. The van der Waals surface area contributed by atoms with E-state index in [0.717, 1.165) is 12.8 Å². The Morgan fingerprint density at radius 3 is 2.50 bits per heavy atom. The standard InChI is InChI=1S/C17H20FN3O3/c18-12-5-3-11(4-6-12)14(22)10-13-2-1-9-21(13)15(23)17(7-8-17)20-16(19)24/h3-6,13H,1-2,7-10H2,(H3,19,20,24)/t13-/m1/s1. The average molecular weight is 333 g/mol. The fourth-order valence-corrected chi connectivity index (χ4v) is 3.31. The summed E-state index contributed by atoms with van der Waals surface area (Å²) in [6.45, 7) is 0.572. The minimum absolute atomic E-state index is 0.118. The Balaban J connectivity index is 1.67. The van der Waals surface area contributed by atoms with Crippen molar-refractivity contribution in [1.29, 1.82) is 0 Å². The number of likely N-dealkylation sites (tertiary alicyclic amines) is 1. The molecule has 0 radical (unpaired) electrons. The van der Waals surface area contributed by atoms with Gasteiger partial charge in [0.1, 0.15) is 11.4 Å². The number of hydrogen-bond donors (Lipinski definition) is 2. The van der Waals surface area contributed by atoms with Crippen LogP contribution in [0.15, 0.2) is 24.3 Å². The Morgan fingerprint density at radius 1 is 1.25 bits per heavy atom. The van der Waals surface area contributed by atoms with Crippen molar-refractivity contribution in [1.82, 2.24) is 10.2 Å². The van der Waals surface area contributed by atoms with E-state index < -0.39 is 17.4 Å². The van der Waals surface area contributed by atoms with Gasteiger partial charge in [0, 0.05) is 24.6 Å². The molecule has 24 heavy (non-hydrogen) atoms. The molecule has 2 fully saturated rings. The summed E-state index contributed by atoms with van der Waals surface area (Å²) in [5, 5.41) is 2.54. The van der Waals surface area contributed by atoms with Gasteiger partial charge in [-0.15, -0.1) is 0 Å². The van der Waals surface area contributed by atoms with E-state index >= 15 is 0 Å². The average Bonchev–Trinajstić information content (AvgIpc) is 3.16. The van der Waals surface area contributed by atoms with Crippen LogP contribution in [0.1, 0.15) is 42.5 Å². The quantitative estimate of drug-likeness (QED) is 0.802. The second-order valence-corrected chi connectivity index (χ2v) is 6.50. The SMILES string of the molecule is NC(=O)NC1(C(=O)N2CCC[C@@H]2CC(=O)c2ccc(F)cc2)CC1. The zero-order chi connectivity index (χ0) is 17.3. The topological polar surface area (TPSA) is 92.5 Å². The van der Waals surface area contributed by atoms with Gasteiger partial charge in [-0.3, -0.25) is 9.59 Å². The van der Waals surface area contributed by atoms with E-state index in [0.29, 0.717) is 24.9 Å². The van der Waals surface area contributed by atoms with Crippen molar-refractivity contribution in [3.8, 4) is 0 Å². The van der Waals surface area contributed by atoms with E-state index in [9.17, 15) is 18.8 Å². The first-order valence-corrected chi connectivity index (χ1v) is 8.09. The van der Waals surface area contributed by atoms with Crippen molar-refractivity contribution in [3.05, 3.63) is 35.6 Å². The fraction of sp³-hybridized carbons (Fsp3) is 0.471. The van der Waals surface area contributed by atoms with E-state index in [4.69, 9.17) is 5.73 Å². The summed E-state index contributed by atoms with van der Waals surface area (Å²) in [5.41, 5.74) is 4.71. The molecule has 1 aliphatic heterocycles. The van der Waals surface area contributed by atoms with Crippen molar-refractivity contribution in [3.63, 3.8) is 0 Å². The summed E-state index contributed by atoms with van der Waals surface area (Å²) in [4.78, 5) is 37.9. The van der Waals surface area contributed by atoms with Crippen LogP contribution >= 0.6 is 0 Å². The van der Waals surface area contributed by atoms with Crippen LogP contribution in [0.5, 0.6) is 0 Å². The van der Waals surface area contributed by atoms with Gasteiger partial charge in [0.25, 0.3) is 0 Å². The first-order chi connectivity index (χ1) is 11.4. The first-order valence-electron chi connectivity index (χ1n) is 8.09. The van der Waals surface area contributed by atoms with Crippen LogP contribution in [-0.2, 0) is 4.79 Å². The van der Waals surface area contributed by atoms with E-state index in [-0.39, 0.29) is 24.2 Å². The van der Waals surface area contributed by atoms with Crippen LogP contribution in [0.3, 0.4) is 0 Å². The number of urea groups is 1. The minimum atomic E-state index is -0.882. The van der Waals surface area contributed by atoms with E-state index in [2.05, 4.69) is 5.32 Å². The predicted octanol–water partition coefficient (Wildman–Crippen LogP) is 1.59. The zero-order valence-corrected chi connectivity index (χ0v) is 13.3. The van der Waals surface area contributed by atoms with Crippen molar-refractivity contribution < 1.29 is 18.8 Å². The van der Waals surface area contributed by atoms with Gasteiger partial charge in [-0.2, -0.15) is 0 Å². The molecule has 0 aromatic heterocycles. The van der Waals surface area contributed by atoms with Gasteiger partial charge in [0.05, 0.1) is 0 Å². The lowest BCUT2D eigenvalue weighted by Crippen LogP contribution is -2.53. The molecule has 1 heterocycles. The first kappa shape index (κ1) is 16.4. The van der Waals surface area contributed by atoms with Gasteiger partial charge in [-0.05, 0) is 49.9 Å². The highest BCUT2D eigenvalue weighted by atomic mass is 19.1. The number of carbonyl (C=O) groups excluding carboxylic acids is 3. The number of nitrogens with one attached hydrogen (secondary N) is 1. The monoisotopic (exact) mass is 333 g/mol. The molecule has 1 saturated carbocycles. The van der Waals surface area contributed by atoms with Crippen LogP contribution in [0.25, 0.3) is 0 Å². The highest BCUT2D eigenvalue weighted by Gasteiger charge is 2.54. The molecule has 3 amide bonds. The molecule has 0 bridgehead atoms. The minimum Gasteiger partial charge on any atom is -0.352 e. The summed E-state index contributed by atoms with van der Waals surface area (Å²) in [6.07, 6.45) is 2.91. The van der Waals surface area contributed by atoms with E-state index in [1.165, 1.54) is 24.3 Å². The molecule has 2 aliphatic rings. The molecule has 0 spiro atoms. The fourth-order valence-electron chi connectivity index (χ4n) is 3.31. The zero-order valence-electron chi connectivity index (χ0n) is 13.3. The second-order valence-electron chi connectivity index (χ2n) is 6.50. The molecule has 3 rings (SSSR count). The summed E-state index contributed by atoms with van der Waals surface area (Å²) in [7, 11) is 0. The molecule has 6 nitrogen and oxygen atoms in total. The van der Waals surface area contributed by atoms with Crippen molar-refractivity contribution in [2.75, 3.05) is 6.54 Å². The largest absolute Gasteiger partial charge is 0.352 e. The molecular weight excluding hydrogens is 313 g/mol. The summed E-state index contributed by atoms with van der Waals surface area (Å²) >= 11 is 0. The molecule has 0 unspecified atom stereocenters. The van der Waals surface area contributed by atoms with Crippen molar-refractivity contribution in [2.24, 2.45) is 5.73 Å². The number of ketones is 1. The molecule has 1 saturated heterocycles. The Morgan fingerprint density at radius 2 is 1.92 bits per heavy atom. The van der Waals surface area contributed by atoms with E-state index in [1.54, 1.807) is 4.90 Å². The highest BCUT2D eigenvalue weighted by molar-refractivity contribution is 5.98. The van der Waals surface area contributed by atoms with Crippen LogP contribution in [0, 0.1) is 5.82 Å². The van der Waals surface area contributed by atoms with Gasteiger partial charge in [0.15, 0.2) is 5.78 Å². The lowest BCUT2D eigenvalue weighted by atomic mass is 10.0. The number of nitrogens with two attached hydrogens (primary N) is 1. The van der Waals surface area contributed by atoms with Crippen molar-refractivity contribution >= 4 is 17.7 Å². The Kier molecular flexibility index (Phi) is 4.26. The maximum atomic E-state index is 13.0.